The van der Waals surface area contributed by atoms with Gasteiger partial charge in [-0.25, -0.2) is 0 Å². The Bertz CT molecular complexity index is 289. The van der Waals surface area contributed by atoms with E-state index in [9.17, 15) is 4.79 Å². The first-order valence-electron chi connectivity index (χ1n) is 5.08. The SMILES string of the molecule is C=C1C(=O)C=CC(C)(C)C1C(N)CC. The Kier molecular flexibility index (Phi) is 2.95. The number of nitrogens with two attached hydrogens (primary N) is 1. The molecule has 2 atom stereocenters. The fourth-order valence-electron chi connectivity index (χ4n) is 2.15. The molecule has 0 aromatic heterocycles. The molecule has 78 valence electrons. The predicted molar refractivity (Wildman–Crippen MR) is 58.8 cm³/mol. The summed E-state index contributed by atoms with van der Waals surface area (Å²) in [6, 6.07) is 0.0198. The number of carbonyl (C=O) groups excluding carboxylic acids is 1. The van der Waals surface area contributed by atoms with E-state index in [0.29, 0.717) is 5.57 Å². The van der Waals surface area contributed by atoms with Gasteiger partial charge in [0, 0.05) is 12.0 Å². The summed E-state index contributed by atoms with van der Waals surface area (Å²) in [6.45, 7) is 10.1. The number of ketones is 1. The van der Waals surface area contributed by atoms with Crippen molar-refractivity contribution in [3.63, 3.8) is 0 Å². The van der Waals surface area contributed by atoms with Gasteiger partial charge in [-0.05, 0) is 23.5 Å². The predicted octanol–water partition coefficient (Wildman–Crippen LogP) is 2.06. The maximum Gasteiger partial charge on any atom is 0.181 e. The van der Waals surface area contributed by atoms with Crippen molar-refractivity contribution < 1.29 is 4.79 Å². The van der Waals surface area contributed by atoms with Crippen molar-refractivity contribution in [3.8, 4) is 0 Å². The van der Waals surface area contributed by atoms with Crippen LogP contribution in [0.2, 0.25) is 0 Å². The molecule has 0 aliphatic heterocycles. The van der Waals surface area contributed by atoms with Crippen LogP contribution in [0.4, 0.5) is 0 Å². The van der Waals surface area contributed by atoms with Crippen molar-refractivity contribution in [1.29, 1.82) is 0 Å². The van der Waals surface area contributed by atoms with Gasteiger partial charge in [-0.15, -0.1) is 0 Å². The standard InChI is InChI=1S/C12H19NO/c1-5-9(13)11-8(2)10(14)6-7-12(11,3)4/h6-7,9,11H,2,5,13H2,1,3-4H3. The second-order valence-electron chi connectivity index (χ2n) is 4.59. The minimum absolute atomic E-state index is 0.0198. The average molecular weight is 193 g/mol. The van der Waals surface area contributed by atoms with Crippen LogP contribution in [-0.2, 0) is 4.79 Å². The van der Waals surface area contributed by atoms with Gasteiger partial charge in [-0.1, -0.05) is 33.4 Å². The lowest BCUT2D eigenvalue weighted by Gasteiger charge is -2.38. The highest BCUT2D eigenvalue weighted by Crippen LogP contribution is 2.39. The third-order valence-electron chi connectivity index (χ3n) is 3.06. The zero-order valence-corrected chi connectivity index (χ0v) is 9.21. The van der Waals surface area contributed by atoms with Crippen molar-refractivity contribution in [2.45, 2.75) is 33.2 Å². The first-order chi connectivity index (χ1) is 6.40. The molecule has 0 heterocycles. The first-order valence-corrected chi connectivity index (χ1v) is 5.08. The summed E-state index contributed by atoms with van der Waals surface area (Å²) in [6.07, 6.45) is 4.43. The summed E-state index contributed by atoms with van der Waals surface area (Å²) in [5.41, 5.74) is 6.63. The molecule has 2 unspecified atom stereocenters. The first kappa shape index (κ1) is 11.2. The highest BCUT2D eigenvalue weighted by atomic mass is 16.1. The summed E-state index contributed by atoms with van der Waals surface area (Å²) in [7, 11) is 0. The second kappa shape index (κ2) is 3.70. The lowest BCUT2D eigenvalue weighted by atomic mass is 9.66. The maximum absolute atomic E-state index is 11.5. The molecule has 0 aromatic rings. The van der Waals surface area contributed by atoms with E-state index in [4.69, 9.17) is 5.73 Å². The van der Waals surface area contributed by atoms with Crippen LogP contribution in [-0.4, -0.2) is 11.8 Å². The molecule has 0 amide bonds. The Morgan fingerprint density at radius 2 is 2.21 bits per heavy atom. The van der Waals surface area contributed by atoms with Gasteiger partial charge in [0.15, 0.2) is 5.78 Å². The number of carbonyl (C=O) groups is 1. The Hall–Kier alpha value is -0.890. The van der Waals surface area contributed by atoms with Gasteiger partial charge in [0.05, 0.1) is 0 Å². The molecule has 0 radical (unpaired) electrons. The number of allylic oxidation sites excluding steroid dienone is 2. The van der Waals surface area contributed by atoms with E-state index in [1.54, 1.807) is 6.08 Å². The van der Waals surface area contributed by atoms with Gasteiger partial charge >= 0.3 is 0 Å². The molecule has 0 aromatic carbocycles. The van der Waals surface area contributed by atoms with Crippen molar-refractivity contribution in [3.05, 3.63) is 24.3 Å². The molecule has 2 nitrogen and oxygen atoms in total. The number of hydrogen-bond acceptors (Lipinski definition) is 2. The summed E-state index contributed by atoms with van der Waals surface area (Å²) < 4.78 is 0. The van der Waals surface area contributed by atoms with E-state index in [1.165, 1.54) is 0 Å². The molecular weight excluding hydrogens is 174 g/mol. The Morgan fingerprint density at radius 1 is 1.64 bits per heavy atom. The number of hydrogen-bond donors (Lipinski definition) is 1. The lowest BCUT2D eigenvalue weighted by Crippen LogP contribution is -2.42. The second-order valence-corrected chi connectivity index (χ2v) is 4.59. The molecule has 14 heavy (non-hydrogen) atoms. The molecule has 1 rings (SSSR count). The van der Waals surface area contributed by atoms with Gasteiger partial charge in [-0.3, -0.25) is 4.79 Å². The fraction of sp³-hybridized carbons (Fsp3) is 0.583. The molecule has 0 bridgehead atoms. The van der Waals surface area contributed by atoms with Crippen molar-refractivity contribution in [2.75, 3.05) is 0 Å². The summed E-state index contributed by atoms with van der Waals surface area (Å²) in [5.74, 6) is 0.100. The smallest absolute Gasteiger partial charge is 0.181 e. The minimum atomic E-state index is -0.0551. The molecule has 1 aliphatic carbocycles. The van der Waals surface area contributed by atoms with Crippen LogP contribution < -0.4 is 5.73 Å². The zero-order chi connectivity index (χ0) is 10.9. The third kappa shape index (κ3) is 1.80. The van der Waals surface area contributed by atoms with E-state index >= 15 is 0 Å². The van der Waals surface area contributed by atoms with Crippen LogP contribution in [0.25, 0.3) is 0 Å². The van der Waals surface area contributed by atoms with Gasteiger partial charge in [0.1, 0.15) is 0 Å². The molecule has 2 heteroatoms. The topological polar surface area (TPSA) is 43.1 Å². The molecule has 0 saturated carbocycles. The average Bonchev–Trinajstić information content (AvgIpc) is 2.11. The monoisotopic (exact) mass is 193 g/mol. The molecule has 1 aliphatic rings. The summed E-state index contributed by atoms with van der Waals surface area (Å²) >= 11 is 0. The van der Waals surface area contributed by atoms with Crippen LogP contribution in [0.1, 0.15) is 27.2 Å². The van der Waals surface area contributed by atoms with E-state index in [2.05, 4.69) is 20.4 Å². The zero-order valence-electron chi connectivity index (χ0n) is 9.21. The van der Waals surface area contributed by atoms with Gasteiger partial charge in [0.25, 0.3) is 0 Å². The molecular formula is C12H19NO. The van der Waals surface area contributed by atoms with Crippen molar-refractivity contribution in [1.82, 2.24) is 0 Å². The minimum Gasteiger partial charge on any atom is -0.327 e. The Morgan fingerprint density at radius 3 is 2.71 bits per heavy atom. The quantitative estimate of drug-likeness (QED) is 0.682. The van der Waals surface area contributed by atoms with Gasteiger partial charge < -0.3 is 5.73 Å². The van der Waals surface area contributed by atoms with E-state index in [0.717, 1.165) is 6.42 Å². The van der Waals surface area contributed by atoms with Gasteiger partial charge in [-0.2, -0.15) is 0 Å². The van der Waals surface area contributed by atoms with Crippen LogP contribution in [0.3, 0.4) is 0 Å². The maximum atomic E-state index is 11.5. The molecule has 2 N–H and O–H groups in total. The molecule has 0 spiro atoms. The summed E-state index contributed by atoms with van der Waals surface area (Å²) in [4.78, 5) is 11.5. The summed E-state index contributed by atoms with van der Waals surface area (Å²) in [5, 5.41) is 0. The van der Waals surface area contributed by atoms with Crippen molar-refractivity contribution in [2.24, 2.45) is 17.1 Å². The highest BCUT2D eigenvalue weighted by molar-refractivity contribution is 6.05. The van der Waals surface area contributed by atoms with Crippen LogP contribution >= 0.6 is 0 Å². The lowest BCUT2D eigenvalue weighted by molar-refractivity contribution is -0.112. The van der Waals surface area contributed by atoms with Crippen molar-refractivity contribution >= 4 is 5.78 Å². The normalized spacial score (nSPS) is 27.9. The molecule has 0 saturated heterocycles. The molecule has 0 fully saturated rings. The van der Waals surface area contributed by atoms with Gasteiger partial charge in [0.2, 0.25) is 0 Å². The highest BCUT2D eigenvalue weighted by Gasteiger charge is 2.38. The Balaban J connectivity index is 3.06. The van der Waals surface area contributed by atoms with Crippen LogP contribution in [0.5, 0.6) is 0 Å². The van der Waals surface area contributed by atoms with Crippen LogP contribution in [0.15, 0.2) is 24.3 Å². The fourth-order valence-corrected chi connectivity index (χ4v) is 2.15. The largest absolute Gasteiger partial charge is 0.327 e. The third-order valence-corrected chi connectivity index (χ3v) is 3.06. The number of rotatable bonds is 2. The van der Waals surface area contributed by atoms with E-state index in [-0.39, 0.29) is 23.2 Å². The van der Waals surface area contributed by atoms with E-state index < -0.39 is 0 Å². The Labute approximate surface area is 85.9 Å². The van der Waals surface area contributed by atoms with E-state index in [1.807, 2.05) is 13.0 Å². The van der Waals surface area contributed by atoms with Crippen LogP contribution in [0, 0.1) is 11.3 Å².